The average molecular weight is 510 g/mol. The molecule has 6 rings (SSSR count). The van der Waals surface area contributed by atoms with Crippen molar-refractivity contribution in [2.24, 2.45) is 0 Å². The van der Waals surface area contributed by atoms with Gasteiger partial charge in [-0.05, 0) is 60.7 Å². The van der Waals surface area contributed by atoms with Gasteiger partial charge in [-0.3, -0.25) is 24.6 Å². The maximum atomic E-state index is 13.0. The summed E-state index contributed by atoms with van der Waals surface area (Å²) in [4.78, 5) is 47.9. The molecule has 0 radical (unpaired) electrons. The van der Waals surface area contributed by atoms with Gasteiger partial charge in [0.25, 0.3) is 5.91 Å². The number of pyridine rings is 1. The maximum Gasteiger partial charge on any atom is 0.255 e. The summed E-state index contributed by atoms with van der Waals surface area (Å²) in [7, 11) is 0. The molecular weight excluding hydrogens is 478 g/mol. The maximum absolute atomic E-state index is 13.0. The van der Waals surface area contributed by atoms with Crippen LogP contribution in [0.5, 0.6) is 0 Å². The Kier molecular flexibility index (Phi) is 6.64. The van der Waals surface area contributed by atoms with Crippen molar-refractivity contribution in [1.29, 1.82) is 0 Å². The number of rotatable bonds is 6. The minimum Gasteiger partial charge on any atom is -0.323 e. The van der Waals surface area contributed by atoms with Crippen LogP contribution < -0.4 is 10.2 Å². The molecule has 3 aliphatic heterocycles. The van der Waals surface area contributed by atoms with E-state index in [9.17, 15) is 14.4 Å². The topological polar surface area (TPSA) is 85.9 Å². The van der Waals surface area contributed by atoms with E-state index in [2.05, 4.69) is 56.5 Å². The average Bonchev–Trinajstić information content (AvgIpc) is 3.26. The standard InChI is InChI=1S/C30H31N5O3/c36-28-12-11-26(29(37)32-28)34-20-22-18-21(9-10-25(22)30(34)38)19-33-16-13-24(14-17-33)35(23-6-2-1-3-7-23)27-8-4-5-15-31-27/h1-10,15,18,24,26H,11-14,16-17,19-20H2,(H,32,36,37). The van der Waals surface area contributed by atoms with E-state index in [0.717, 1.165) is 49.5 Å². The van der Waals surface area contributed by atoms with Gasteiger partial charge in [-0.15, -0.1) is 0 Å². The second-order valence-corrected chi connectivity index (χ2v) is 10.3. The fourth-order valence-corrected chi connectivity index (χ4v) is 5.93. The van der Waals surface area contributed by atoms with Crippen LogP contribution in [0.25, 0.3) is 0 Å². The van der Waals surface area contributed by atoms with Gasteiger partial charge in [0.2, 0.25) is 11.8 Å². The highest BCUT2D eigenvalue weighted by Gasteiger charge is 2.39. The SMILES string of the molecule is O=C1CCC(N2Cc3cc(CN4CCC(N(c5ccccc5)c5ccccn5)CC4)ccc3C2=O)C(=O)N1. The Morgan fingerprint density at radius 1 is 0.921 bits per heavy atom. The lowest BCUT2D eigenvalue weighted by Crippen LogP contribution is -2.52. The van der Waals surface area contributed by atoms with Crippen molar-refractivity contribution in [3.05, 3.63) is 89.6 Å². The zero-order chi connectivity index (χ0) is 26.1. The number of likely N-dealkylation sites (tertiary alicyclic amines) is 1. The number of nitrogens with one attached hydrogen (secondary N) is 1. The minimum atomic E-state index is -0.582. The first-order chi connectivity index (χ1) is 18.6. The molecule has 8 nitrogen and oxygen atoms in total. The predicted molar refractivity (Wildman–Crippen MR) is 144 cm³/mol. The van der Waals surface area contributed by atoms with E-state index in [-0.39, 0.29) is 24.1 Å². The van der Waals surface area contributed by atoms with E-state index >= 15 is 0 Å². The number of nitrogens with zero attached hydrogens (tertiary/aromatic N) is 4. The highest BCUT2D eigenvalue weighted by molar-refractivity contribution is 6.05. The summed E-state index contributed by atoms with van der Waals surface area (Å²) < 4.78 is 0. The summed E-state index contributed by atoms with van der Waals surface area (Å²) in [6.07, 6.45) is 4.54. The largest absolute Gasteiger partial charge is 0.323 e. The Morgan fingerprint density at radius 3 is 2.45 bits per heavy atom. The molecule has 2 saturated heterocycles. The molecule has 4 heterocycles. The van der Waals surface area contributed by atoms with E-state index in [1.54, 1.807) is 4.90 Å². The van der Waals surface area contributed by atoms with Crippen LogP contribution in [-0.2, 0) is 22.7 Å². The van der Waals surface area contributed by atoms with Crippen LogP contribution in [-0.4, -0.2) is 57.7 Å². The minimum absolute atomic E-state index is 0.127. The lowest BCUT2D eigenvalue weighted by molar-refractivity contribution is -0.136. The monoisotopic (exact) mass is 509 g/mol. The summed E-state index contributed by atoms with van der Waals surface area (Å²) in [5.74, 6) is 0.201. The Labute approximate surface area is 222 Å². The third-order valence-corrected chi connectivity index (χ3v) is 7.85. The van der Waals surface area contributed by atoms with Crippen LogP contribution in [0.15, 0.2) is 72.9 Å². The number of anilines is 2. The van der Waals surface area contributed by atoms with Crippen LogP contribution in [0.1, 0.15) is 47.2 Å². The van der Waals surface area contributed by atoms with E-state index in [1.807, 2.05) is 36.5 Å². The molecule has 194 valence electrons. The number of piperidine rings is 2. The molecule has 0 bridgehead atoms. The van der Waals surface area contributed by atoms with Crippen LogP contribution >= 0.6 is 0 Å². The van der Waals surface area contributed by atoms with E-state index < -0.39 is 6.04 Å². The highest BCUT2D eigenvalue weighted by Crippen LogP contribution is 2.32. The van der Waals surface area contributed by atoms with E-state index in [1.165, 1.54) is 5.56 Å². The normalized spacial score (nSPS) is 20.4. The molecule has 0 spiro atoms. The molecule has 2 fully saturated rings. The third kappa shape index (κ3) is 4.79. The van der Waals surface area contributed by atoms with Gasteiger partial charge < -0.3 is 9.80 Å². The molecule has 3 aromatic rings. The number of carbonyl (C=O) groups is 3. The fraction of sp³-hybridized carbons (Fsp3) is 0.333. The zero-order valence-corrected chi connectivity index (χ0v) is 21.3. The first kappa shape index (κ1) is 24.3. The summed E-state index contributed by atoms with van der Waals surface area (Å²) in [5.41, 5.74) is 3.95. The molecule has 0 aliphatic carbocycles. The number of hydrogen-bond donors (Lipinski definition) is 1. The second kappa shape index (κ2) is 10.4. The Balaban J connectivity index is 1.11. The molecule has 1 unspecified atom stereocenters. The van der Waals surface area contributed by atoms with E-state index in [4.69, 9.17) is 0 Å². The summed E-state index contributed by atoms with van der Waals surface area (Å²) in [6.45, 7) is 3.17. The van der Waals surface area contributed by atoms with Gasteiger partial charge in [0.1, 0.15) is 11.9 Å². The molecule has 8 heteroatoms. The van der Waals surface area contributed by atoms with Crippen molar-refractivity contribution in [1.82, 2.24) is 20.1 Å². The predicted octanol–water partition coefficient (Wildman–Crippen LogP) is 3.65. The summed E-state index contributed by atoms with van der Waals surface area (Å²) in [6, 6.07) is 22.3. The number of para-hydroxylation sites is 1. The molecule has 1 atom stereocenters. The van der Waals surface area contributed by atoms with Gasteiger partial charge in [0, 0.05) is 56.1 Å². The number of hydrogen-bond acceptors (Lipinski definition) is 6. The number of imide groups is 1. The quantitative estimate of drug-likeness (QED) is 0.511. The first-order valence-electron chi connectivity index (χ1n) is 13.3. The zero-order valence-electron chi connectivity index (χ0n) is 21.3. The molecular formula is C30H31N5O3. The van der Waals surface area contributed by atoms with Crippen molar-refractivity contribution in [3.8, 4) is 0 Å². The lowest BCUT2D eigenvalue weighted by Gasteiger charge is -2.39. The lowest BCUT2D eigenvalue weighted by atomic mass is 10.0. The number of fused-ring (bicyclic) bond motifs is 1. The van der Waals surface area contributed by atoms with Gasteiger partial charge in [-0.1, -0.05) is 36.4 Å². The molecule has 1 aromatic heterocycles. The molecule has 2 aromatic carbocycles. The summed E-state index contributed by atoms with van der Waals surface area (Å²) in [5, 5.41) is 2.37. The number of carbonyl (C=O) groups excluding carboxylic acids is 3. The van der Waals surface area contributed by atoms with Crippen molar-refractivity contribution < 1.29 is 14.4 Å². The van der Waals surface area contributed by atoms with Crippen LogP contribution in [0.3, 0.4) is 0 Å². The third-order valence-electron chi connectivity index (χ3n) is 7.85. The Hall–Kier alpha value is -4.04. The smallest absolute Gasteiger partial charge is 0.255 e. The van der Waals surface area contributed by atoms with E-state index in [0.29, 0.717) is 24.6 Å². The van der Waals surface area contributed by atoms with Crippen molar-refractivity contribution in [2.45, 2.75) is 50.9 Å². The molecule has 3 amide bonds. The molecule has 3 aliphatic rings. The first-order valence-corrected chi connectivity index (χ1v) is 13.3. The molecule has 38 heavy (non-hydrogen) atoms. The van der Waals surface area contributed by atoms with Crippen LogP contribution in [0, 0.1) is 0 Å². The van der Waals surface area contributed by atoms with Gasteiger partial charge >= 0.3 is 0 Å². The molecule has 1 N–H and O–H groups in total. The van der Waals surface area contributed by atoms with Gasteiger partial charge in [0.05, 0.1) is 0 Å². The van der Waals surface area contributed by atoms with Crippen LogP contribution in [0.2, 0.25) is 0 Å². The fourth-order valence-electron chi connectivity index (χ4n) is 5.93. The van der Waals surface area contributed by atoms with Crippen LogP contribution in [0.4, 0.5) is 11.5 Å². The number of benzene rings is 2. The van der Waals surface area contributed by atoms with Gasteiger partial charge in [-0.2, -0.15) is 0 Å². The highest BCUT2D eigenvalue weighted by atomic mass is 16.2. The van der Waals surface area contributed by atoms with Gasteiger partial charge in [0.15, 0.2) is 0 Å². The van der Waals surface area contributed by atoms with Gasteiger partial charge in [-0.25, -0.2) is 4.98 Å². The number of amides is 3. The molecule has 0 saturated carbocycles. The second-order valence-electron chi connectivity index (χ2n) is 10.3. The summed E-state index contributed by atoms with van der Waals surface area (Å²) >= 11 is 0. The Bertz CT molecular complexity index is 1300. The Morgan fingerprint density at radius 2 is 1.71 bits per heavy atom. The van der Waals surface area contributed by atoms with Crippen molar-refractivity contribution >= 4 is 29.2 Å². The number of aromatic nitrogens is 1. The van der Waals surface area contributed by atoms with Crippen molar-refractivity contribution in [2.75, 3.05) is 18.0 Å². The van der Waals surface area contributed by atoms with Crippen molar-refractivity contribution in [3.63, 3.8) is 0 Å².